The number of anilines is 1. The highest BCUT2D eigenvalue weighted by atomic mass is 16.5. The normalized spacial score (nSPS) is 34.4. The Balaban J connectivity index is 1.50. The first-order chi connectivity index (χ1) is 13.0. The number of hydrogen-bond donors (Lipinski definition) is 3. The summed E-state index contributed by atoms with van der Waals surface area (Å²) in [4.78, 5) is 22.9. The van der Waals surface area contributed by atoms with Crippen LogP contribution in [0.1, 0.15) is 37.7 Å². The average Bonchev–Trinajstić information content (AvgIpc) is 3.10. The number of carbonyl (C=O) groups excluding carboxylic acids is 1. The van der Waals surface area contributed by atoms with E-state index in [0.717, 1.165) is 41.5 Å². The van der Waals surface area contributed by atoms with Crippen LogP contribution in [0.4, 0.5) is 10.5 Å². The zero-order chi connectivity index (χ0) is 18.6. The Hall–Kier alpha value is -2.41. The summed E-state index contributed by atoms with van der Waals surface area (Å²) in [5.41, 5.74) is 2.06. The van der Waals surface area contributed by atoms with Crippen LogP contribution in [0.3, 0.4) is 0 Å². The molecule has 3 N–H and O–H groups in total. The first-order valence-electron chi connectivity index (χ1n) is 9.62. The van der Waals surface area contributed by atoms with Gasteiger partial charge in [0.1, 0.15) is 5.65 Å². The van der Waals surface area contributed by atoms with E-state index in [1.54, 1.807) is 6.20 Å². The number of pyridine rings is 1. The molecule has 0 radical (unpaired) electrons. The number of nitrogens with zero attached hydrogens (tertiary/aromatic N) is 2. The molecule has 0 aromatic carbocycles. The molecular formula is C20H24N4O3. The smallest absolute Gasteiger partial charge is 0.433 e. The molecule has 0 aliphatic heterocycles. The predicted molar refractivity (Wildman–Crippen MR) is 102 cm³/mol. The first-order valence-corrected chi connectivity index (χ1v) is 9.62. The van der Waals surface area contributed by atoms with Crippen molar-refractivity contribution in [3.63, 3.8) is 0 Å². The number of hydrogen-bond acceptors (Lipinski definition) is 5. The van der Waals surface area contributed by atoms with Gasteiger partial charge in [-0.3, -0.25) is 0 Å². The average molecular weight is 368 g/mol. The quantitative estimate of drug-likeness (QED) is 0.723. The largest absolute Gasteiger partial charge is 0.451 e. The number of aliphatic imine (C=N–C) groups is 1. The van der Waals surface area contributed by atoms with Crippen LogP contribution in [0.2, 0.25) is 0 Å². The molecule has 2 unspecified atom stereocenters. The maximum Gasteiger partial charge on any atom is 0.433 e. The van der Waals surface area contributed by atoms with E-state index in [0.29, 0.717) is 23.8 Å². The van der Waals surface area contributed by atoms with E-state index in [-0.39, 0.29) is 0 Å². The maximum absolute atomic E-state index is 11.4. The number of H-pyrrole nitrogens is 1. The molecular weight excluding hydrogens is 344 g/mol. The Bertz CT molecular complexity index is 905. The molecule has 2 heterocycles. The second-order valence-corrected chi connectivity index (χ2v) is 8.42. The summed E-state index contributed by atoms with van der Waals surface area (Å²) in [6.45, 7) is 0. The van der Waals surface area contributed by atoms with Crippen molar-refractivity contribution in [1.29, 1.82) is 0 Å². The molecule has 2 aromatic heterocycles. The van der Waals surface area contributed by atoms with Crippen molar-refractivity contribution in [3.05, 3.63) is 24.0 Å². The SMILES string of the molecule is COC(=O)/N=C/c1cnc2[nH]ccc2c1N[C@H]1C2CC3CC1C[C@@](O)(C3)C2. The van der Waals surface area contributed by atoms with Crippen LogP contribution >= 0.6 is 0 Å². The standard InChI is InChI=1S/C20H24N4O3/c1-27-19(25)23-10-14-9-22-18-15(2-3-21-18)17(14)24-16-12-4-11-5-13(16)8-20(26,6-11)7-12/h2-3,9-13,16,26H,4-8H2,1H3,(H2,21,22,24)/b23-10+/t11?,12?,13?,16-,20+. The molecule has 4 aliphatic carbocycles. The van der Waals surface area contributed by atoms with Crippen molar-refractivity contribution in [3.8, 4) is 0 Å². The van der Waals surface area contributed by atoms with Crippen LogP contribution in [0, 0.1) is 17.8 Å². The Labute approximate surface area is 157 Å². The Morgan fingerprint density at radius 2 is 2.19 bits per heavy atom. The lowest BCUT2D eigenvalue weighted by Gasteiger charge is -2.58. The van der Waals surface area contributed by atoms with Gasteiger partial charge < -0.3 is 20.1 Å². The molecule has 6 rings (SSSR count). The number of nitrogens with one attached hydrogen (secondary N) is 2. The molecule has 4 aliphatic rings. The Kier molecular flexibility index (Phi) is 3.75. The van der Waals surface area contributed by atoms with E-state index in [1.807, 2.05) is 12.3 Å². The number of amides is 1. The number of aromatic nitrogens is 2. The maximum atomic E-state index is 11.4. The van der Waals surface area contributed by atoms with Crippen molar-refractivity contribution in [2.24, 2.45) is 22.7 Å². The second kappa shape index (κ2) is 6.05. The van der Waals surface area contributed by atoms with E-state index in [2.05, 4.69) is 25.0 Å². The summed E-state index contributed by atoms with van der Waals surface area (Å²) in [5.74, 6) is 1.62. The molecule has 4 fully saturated rings. The molecule has 7 heteroatoms. The van der Waals surface area contributed by atoms with Gasteiger partial charge in [-0.2, -0.15) is 4.99 Å². The molecule has 7 nitrogen and oxygen atoms in total. The molecule has 2 aromatic rings. The number of ether oxygens (including phenoxy) is 1. The predicted octanol–water partition coefficient (Wildman–Crippen LogP) is 3.10. The van der Waals surface area contributed by atoms with Crippen LogP contribution < -0.4 is 5.32 Å². The fourth-order valence-corrected chi connectivity index (χ4v) is 5.84. The number of rotatable bonds is 3. The molecule has 2 atom stereocenters. The number of carbonyl (C=O) groups is 1. The van der Waals surface area contributed by atoms with Crippen molar-refractivity contribution in [2.45, 2.75) is 43.7 Å². The van der Waals surface area contributed by atoms with E-state index in [9.17, 15) is 9.90 Å². The molecule has 27 heavy (non-hydrogen) atoms. The lowest BCUT2D eigenvalue weighted by Crippen LogP contribution is -2.59. The van der Waals surface area contributed by atoms with Crippen LogP contribution in [0.5, 0.6) is 0 Å². The topological polar surface area (TPSA) is 99.6 Å². The minimum absolute atomic E-state index is 0.326. The van der Waals surface area contributed by atoms with Crippen LogP contribution in [0.15, 0.2) is 23.5 Å². The van der Waals surface area contributed by atoms with Crippen molar-refractivity contribution in [1.82, 2.24) is 9.97 Å². The van der Waals surface area contributed by atoms with Crippen molar-refractivity contribution < 1.29 is 14.6 Å². The zero-order valence-electron chi connectivity index (χ0n) is 15.3. The second-order valence-electron chi connectivity index (χ2n) is 8.42. The summed E-state index contributed by atoms with van der Waals surface area (Å²) in [5, 5.41) is 15.6. The van der Waals surface area contributed by atoms with Gasteiger partial charge in [-0.1, -0.05) is 0 Å². The number of fused-ring (bicyclic) bond motifs is 1. The van der Waals surface area contributed by atoms with E-state index >= 15 is 0 Å². The Morgan fingerprint density at radius 3 is 2.89 bits per heavy atom. The Morgan fingerprint density at radius 1 is 1.41 bits per heavy atom. The highest BCUT2D eigenvalue weighted by Gasteiger charge is 2.54. The fraction of sp³-hybridized carbons (Fsp3) is 0.550. The van der Waals surface area contributed by atoms with Gasteiger partial charge in [-0.15, -0.1) is 0 Å². The van der Waals surface area contributed by atoms with Gasteiger partial charge in [0, 0.05) is 35.6 Å². The van der Waals surface area contributed by atoms with Crippen LogP contribution in [0.25, 0.3) is 11.0 Å². The van der Waals surface area contributed by atoms with Gasteiger partial charge in [0.25, 0.3) is 0 Å². The van der Waals surface area contributed by atoms with Crippen molar-refractivity contribution in [2.75, 3.05) is 12.4 Å². The summed E-state index contributed by atoms with van der Waals surface area (Å²) < 4.78 is 4.61. The molecule has 1 amide bonds. The van der Waals surface area contributed by atoms with Gasteiger partial charge in [0.05, 0.1) is 18.4 Å². The molecule has 0 spiro atoms. The summed E-state index contributed by atoms with van der Waals surface area (Å²) >= 11 is 0. The van der Waals surface area contributed by atoms with Crippen LogP contribution in [-0.2, 0) is 4.74 Å². The molecule has 0 saturated heterocycles. The first kappa shape index (κ1) is 16.7. The van der Waals surface area contributed by atoms with Crippen molar-refractivity contribution >= 4 is 29.0 Å². The number of aliphatic hydroxyl groups is 1. The lowest BCUT2D eigenvalue weighted by atomic mass is 9.52. The van der Waals surface area contributed by atoms with Gasteiger partial charge >= 0.3 is 6.09 Å². The third-order valence-electron chi connectivity index (χ3n) is 6.65. The number of aromatic amines is 1. The van der Waals surface area contributed by atoms with E-state index in [4.69, 9.17) is 0 Å². The summed E-state index contributed by atoms with van der Waals surface area (Å²) in [6.07, 6.45) is 9.56. The van der Waals surface area contributed by atoms with Gasteiger partial charge in [-0.05, 0) is 55.9 Å². The molecule has 4 saturated carbocycles. The highest BCUT2D eigenvalue weighted by Crippen LogP contribution is 2.56. The number of methoxy groups -OCH3 is 1. The van der Waals surface area contributed by atoms with Gasteiger partial charge in [0.15, 0.2) is 0 Å². The third-order valence-corrected chi connectivity index (χ3v) is 6.65. The minimum atomic E-state index is -0.632. The molecule has 142 valence electrons. The minimum Gasteiger partial charge on any atom is -0.451 e. The van der Waals surface area contributed by atoms with E-state index in [1.165, 1.54) is 26.2 Å². The van der Waals surface area contributed by atoms with E-state index < -0.39 is 11.7 Å². The van der Waals surface area contributed by atoms with Crippen LogP contribution in [-0.4, -0.2) is 46.1 Å². The van der Waals surface area contributed by atoms with Gasteiger partial charge in [-0.25, -0.2) is 9.78 Å². The summed E-state index contributed by atoms with van der Waals surface area (Å²) in [7, 11) is 1.31. The lowest BCUT2D eigenvalue weighted by molar-refractivity contribution is -0.129. The van der Waals surface area contributed by atoms with Gasteiger partial charge in [0.2, 0.25) is 0 Å². The monoisotopic (exact) mass is 368 g/mol. The zero-order valence-corrected chi connectivity index (χ0v) is 15.3. The fourth-order valence-electron chi connectivity index (χ4n) is 5.84. The molecule has 4 bridgehead atoms. The highest BCUT2D eigenvalue weighted by molar-refractivity contribution is 6.02. The summed E-state index contributed by atoms with van der Waals surface area (Å²) in [6, 6.07) is 2.32. The third kappa shape index (κ3) is 2.81.